The Kier molecular flexibility index (Phi) is 4.69. The molecule has 0 spiro atoms. The summed E-state index contributed by atoms with van der Waals surface area (Å²) in [5.41, 5.74) is -2.64. The summed E-state index contributed by atoms with van der Waals surface area (Å²) in [7, 11) is 0. The Bertz CT molecular complexity index is 384. The maximum absolute atomic E-state index is 12.3. The second kappa shape index (κ2) is 5.88. The zero-order chi connectivity index (χ0) is 15.7. The molecule has 0 unspecified atom stereocenters. The molecule has 0 heterocycles. The number of aliphatic hydroxyl groups is 2. The van der Waals surface area contributed by atoms with Crippen LogP contribution in [0.25, 0.3) is 0 Å². The lowest BCUT2D eigenvalue weighted by molar-refractivity contribution is -0.172. The van der Waals surface area contributed by atoms with E-state index in [-0.39, 0.29) is 11.9 Å². The molecule has 2 saturated carbocycles. The minimum Gasteiger partial charge on any atom is -0.465 e. The summed E-state index contributed by atoms with van der Waals surface area (Å²) in [5.74, 6) is -0.358. The minimum atomic E-state index is -1.12. The fourth-order valence-corrected chi connectivity index (χ4v) is 4.22. The molecule has 2 rings (SSSR count). The average molecular weight is 298 g/mol. The van der Waals surface area contributed by atoms with Gasteiger partial charge < -0.3 is 14.9 Å². The zero-order valence-corrected chi connectivity index (χ0v) is 13.7. The van der Waals surface area contributed by atoms with Gasteiger partial charge in [-0.15, -0.1) is 0 Å². The molecule has 0 aromatic carbocycles. The number of carbonyl (C=O) groups excluding carboxylic acids is 1. The second-order valence-electron chi connectivity index (χ2n) is 7.42. The Morgan fingerprint density at radius 2 is 1.76 bits per heavy atom. The first-order valence-electron chi connectivity index (χ1n) is 8.37. The predicted molar refractivity (Wildman–Crippen MR) is 80.7 cm³/mol. The van der Waals surface area contributed by atoms with E-state index in [9.17, 15) is 15.0 Å². The van der Waals surface area contributed by atoms with Crippen LogP contribution in [0.3, 0.4) is 0 Å². The highest BCUT2D eigenvalue weighted by molar-refractivity contribution is 5.78. The summed E-state index contributed by atoms with van der Waals surface area (Å²) in [5, 5.41) is 21.8. The van der Waals surface area contributed by atoms with Gasteiger partial charge in [0.05, 0.1) is 23.2 Å². The first-order chi connectivity index (χ1) is 9.75. The van der Waals surface area contributed by atoms with Crippen LogP contribution in [-0.2, 0) is 9.53 Å². The molecule has 2 fully saturated rings. The Hall–Kier alpha value is -0.610. The van der Waals surface area contributed by atoms with E-state index < -0.39 is 16.6 Å². The molecule has 0 aromatic rings. The van der Waals surface area contributed by atoms with Crippen molar-refractivity contribution in [3.8, 4) is 0 Å². The molecule has 122 valence electrons. The normalized spacial score (nSPS) is 39.2. The summed E-state index contributed by atoms with van der Waals surface area (Å²) in [6.07, 6.45) is 6.91. The van der Waals surface area contributed by atoms with Crippen LogP contribution in [0.1, 0.15) is 72.1 Å². The monoisotopic (exact) mass is 298 g/mol. The van der Waals surface area contributed by atoms with E-state index in [2.05, 4.69) is 0 Å². The molecule has 4 heteroatoms. The molecular weight excluding hydrogens is 268 g/mol. The number of esters is 1. The van der Waals surface area contributed by atoms with Crippen LogP contribution in [-0.4, -0.2) is 34.0 Å². The Labute approximate surface area is 127 Å². The van der Waals surface area contributed by atoms with E-state index in [4.69, 9.17) is 4.74 Å². The zero-order valence-electron chi connectivity index (χ0n) is 13.7. The summed E-state index contributed by atoms with van der Waals surface area (Å²) < 4.78 is 5.17. The smallest absolute Gasteiger partial charge is 0.314 e. The van der Waals surface area contributed by atoms with Crippen molar-refractivity contribution in [1.82, 2.24) is 0 Å². The van der Waals surface area contributed by atoms with Crippen molar-refractivity contribution in [2.45, 2.75) is 83.3 Å². The van der Waals surface area contributed by atoms with Crippen molar-refractivity contribution in [3.05, 3.63) is 0 Å². The number of hydrogen-bond acceptors (Lipinski definition) is 4. The molecule has 0 amide bonds. The van der Waals surface area contributed by atoms with Crippen molar-refractivity contribution in [2.24, 2.45) is 11.3 Å². The average Bonchev–Trinajstić information content (AvgIpc) is 2.64. The summed E-state index contributed by atoms with van der Waals surface area (Å²) in [6.45, 7) is 5.66. The SMILES string of the molecule is CCOC(=O)[C@]1(C)CC[C@@H](CC2(O)CCCCC2)[C@]1(C)O. The van der Waals surface area contributed by atoms with Gasteiger partial charge in [-0.2, -0.15) is 0 Å². The van der Waals surface area contributed by atoms with E-state index in [0.717, 1.165) is 32.1 Å². The molecule has 4 nitrogen and oxygen atoms in total. The third-order valence-corrected chi connectivity index (χ3v) is 6.04. The highest BCUT2D eigenvalue weighted by atomic mass is 16.5. The molecule has 0 aromatic heterocycles. The first-order valence-corrected chi connectivity index (χ1v) is 8.37. The molecule has 3 atom stereocenters. The van der Waals surface area contributed by atoms with Crippen LogP contribution < -0.4 is 0 Å². The summed E-state index contributed by atoms with van der Waals surface area (Å²) >= 11 is 0. The quantitative estimate of drug-likeness (QED) is 0.783. The molecule has 2 aliphatic carbocycles. The van der Waals surface area contributed by atoms with E-state index >= 15 is 0 Å². The fourth-order valence-electron chi connectivity index (χ4n) is 4.22. The first kappa shape index (κ1) is 16.8. The van der Waals surface area contributed by atoms with Crippen LogP contribution >= 0.6 is 0 Å². The topological polar surface area (TPSA) is 66.8 Å². The van der Waals surface area contributed by atoms with E-state index in [1.54, 1.807) is 20.8 Å². The summed E-state index contributed by atoms with van der Waals surface area (Å²) in [6, 6.07) is 0. The van der Waals surface area contributed by atoms with Crippen molar-refractivity contribution in [1.29, 1.82) is 0 Å². The molecule has 2 N–H and O–H groups in total. The maximum Gasteiger partial charge on any atom is 0.314 e. The lowest BCUT2D eigenvalue weighted by atomic mass is 9.69. The number of ether oxygens (including phenoxy) is 1. The van der Waals surface area contributed by atoms with Gasteiger partial charge in [0.15, 0.2) is 0 Å². The van der Waals surface area contributed by atoms with E-state index in [0.29, 0.717) is 19.4 Å². The number of carbonyl (C=O) groups is 1. The van der Waals surface area contributed by atoms with Gasteiger partial charge in [-0.1, -0.05) is 19.3 Å². The van der Waals surface area contributed by atoms with Crippen LogP contribution in [0, 0.1) is 11.3 Å². The van der Waals surface area contributed by atoms with Gasteiger partial charge in [0.25, 0.3) is 0 Å². The fraction of sp³-hybridized carbons (Fsp3) is 0.941. The van der Waals surface area contributed by atoms with Crippen LogP contribution in [0.4, 0.5) is 0 Å². The van der Waals surface area contributed by atoms with Gasteiger partial charge in [0, 0.05) is 0 Å². The molecular formula is C17H30O4. The highest BCUT2D eigenvalue weighted by Gasteiger charge is 2.59. The summed E-state index contributed by atoms with van der Waals surface area (Å²) in [4.78, 5) is 12.3. The molecule has 0 bridgehead atoms. The molecule has 0 radical (unpaired) electrons. The lowest BCUT2D eigenvalue weighted by Crippen LogP contribution is -2.51. The van der Waals surface area contributed by atoms with Gasteiger partial charge in [0.2, 0.25) is 0 Å². The predicted octanol–water partition coefficient (Wildman–Crippen LogP) is 2.80. The molecule has 2 aliphatic rings. The lowest BCUT2D eigenvalue weighted by Gasteiger charge is -2.42. The third-order valence-electron chi connectivity index (χ3n) is 6.04. The van der Waals surface area contributed by atoms with Crippen molar-refractivity contribution >= 4 is 5.97 Å². The van der Waals surface area contributed by atoms with Crippen molar-refractivity contribution in [3.63, 3.8) is 0 Å². The molecule has 21 heavy (non-hydrogen) atoms. The second-order valence-corrected chi connectivity index (χ2v) is 7.42. The minimum absolute atomic E-state index is 0.0463. The van der Waals surface area contributed by atoms with Gasteiger partial charge >= 0.3 is 5.97 Å². The van der Waals surface area contributed by atoms with Gasteiger partial charge in [0.1, 0.15) is 0 Å². The van der Waals surface area contributed by atoms with Crippen molar-refractivity contribution < 1.29 is 19.7 Å². The molecule has 0 aliphatic heterocycles. The van der Waals surface area contributed by atoms with Gasteiger partial charge in [-0.3, -0.25) is 4.79 Å². The third kappa shape index (κ3) is 2.98. The number of rotatable bonds is 4. The van der Waals surface area contributed by atoms with Crippen LogP contribution in [0.2, 0.25) is 0 Å². The standard InChI is InChI=1S/C17H30O4/c1-4-21-14(18)15(2)11-8-13(16(15,3)19)12-17(20)9-6-5-7-10-17/h13,19-20H,4-12H2,1-3H3/t13-,15-,16-/m0/s1. The van der Waals surface area contributed by atoms with E-state index in [1.807, 2.05) is 0 Å². The molecule has 0 saturated heterocycles. The van der Waals surface area contributed by atoms with E-state index in [1.165, 1.54) is 6.42 Å². The Balaban J connectivity index is 2.11. The van der Waals surface area contributed by atoms with Crippen LogP contribution in [0.15, 0.2) is 0 Å². The highest BCUT2D eigenvalue weighted by Crippen LogP contribution is 2.53. The van der Waals surface area contributed by atoms with Gasteiger partial charge in [-0.25, -0.2) is 0 Å². The largest absolute Gasteiger partial charge is 0.465 e. The Morgan fingerprint density at radius 3 is 2.33 bits per heavy atom. The Morgan fingerprint density at radius 1 is 1.14 bits per heavy atom. The van der Waals surface area contributed by atoms with Crippen molar-refractivity contribution in [2.75, 3.05) is 6.61 Å². The van der Waals surface area contributed by atoms with Crippen LogP contribution in [0.5, 0.6) is 0 Å². The maximum atomic E-state index is 12.3. The van der Waals surface area contributed by atoms with Gasteiger partial charge in [-0.05, 0) is 58.8 Å². The number of hydrogen-bond donors (Lipinski definition) is 2.